The van der Waals surface area contributed by atoms with Crippen molar-refractivity contribution in [1.82, 2.24) is 4.90 Å². The maximum Gasteiger partial charge on any atom is 0.230 e. The maximum atomic E-state index is 12.6. The molecule has 0 N–H and O–H groups in total. The first-order valence-corrected chi connectivity index (χ1v) is 6.99. The molecule has 4 heteroatoms. The molecule has 1 atom stereocenters. The highest BCUT2D eigenvalue weighted by atomic mass is 16.5. The normalized spacial score (nSPS) is 23.9. The topological polar surface area (TPSA) is 46.6 Å². The number of ketones is 1. The Labute approximate surface area is 123 Å². The van der Waals surface area contributed by atoms with E-state index in [0.717, 1.165) is 5.56 Å². The zero-order valence-corrected chi connectivity index (χ0v) is 11.9. The van der Waals surface area contributed by atoms with Gasteiger partial charge in [-0.25, -0.2) is 0 Å². The third kappa shape index (κ3) is 2.54. The molecule has 3 rings (SSSR count). The van der Waals surface area contributed by atoms with Crippen molar-refractivity contribution in [2.75, 3.05) is 13.7 Å². The van der Waals surface area contributed by atoms with Gasteiger partial charge in [-0.05, 0) is 36.3 Å². The number of nitrogens with zero attached hydrogens (tertiary/aromatic N) is 1. The first-order valence-electron chi connectivity index (χ1n) is 6.99. The Kier molecular flexibility index (Phi) is 3.47. The van der Waals surface area contributed by atoms with Gasteiger partial charge in [0.2, 0.25) is 5.91 Å². The van der Waals surface area contributed by atoms with Gasteiger partial charge in [-0.1, -0.05) is 30.3 Å². The Balaban J connectivity index is 1.76. The molecular weight excluding hydrogens is 266 g/mol. The molecule has 108 valence electrons. The minimum atomic E-state index is -0.905. The van der Waals surface area contributed by atoms with Gasteiger partial charge < -0.3 is 9.64 Å². The fraction of sp³-hybridized carbons (Fsp3) is 0.294. The molecule has 1 aliphatic heterocycles. The smallest absolute Gasteiger partial charge is 0.230 e. The standard InChI is InChI=1S/C17H17NO3/c1-18-16(20)14(11-13-5-3-2-4-6-13)12-21-17(18)9-7-15(19)8-10-17/h2-10,14H,11-12H2,1H3. The predicted molar refractivity (Wildman–Crippen MR) is 78.4 cm³/mol. The number of ether oxygens (including phenoxy) is 1. The Morgan fingerprint density at radius 2 is 1.86 bits per heavy atom. The Hall–Kier alpha value is -2.20. The third-order valence-corrected chi connectivity index (χ3v) is 4.02. The lowest BCUT2D eigenvalue weighted by molar-refractivity contribution is -0.175. The van der Waals surface area contributed by atoms with Gasteiger partial charge in [-0.15, -0.1) is 0 Å². The van der Waals surface area contributed by atoms with Gasteiger partial charge in [0.15, 0.2) is 11.5 Å². The summed E-state index contributed by atoms with van der Waals surface area (Å²) in [6.07, 6.45) is 6.84. The van der Waals surface area contributed by atoms with Crippen molar-refractivity contribution in [2.45, 2.75) is 12.1 Å². The monoisotopic (exact) mass is 283 g/mol. The van der Waals surface area contributed by atoms with E-state index in [9.17, 15) is 9.59 Å². The van der Waals surface area contributed by atoms with Crippen molar-refractivity contribution in [2.24, 2.45) is 5.92 Å². The van der Waals surface area contributed by atoms with Crippen molar-refractivity contribution in [1.29, 1.82) is 0 Å². The van der Waals surface area contributed by atoms with E-state index in [4.69, 9.17) is 4.74 Å². The molecule has 0 aromatic heterocycles. The summed E-state index contributed by atoms with van der Waals surface area (Å²) in [4.78, 5) is 25.4. The largest absolute Gasteiger partial charge is 0.347 e. The summed E-state index contributed by atoms with van der Waals surface area (Å²) in [7, 11) is 1.71. The average Bonchev–Trinajstić information content (AvgIpc) is 2.52. The fourth-order valence-electron chi connectivity index (χ4n) is 2.73. The summed E-state index contributed by atoms with van der Waals surface area (Å²) in [5.74, 6) is -0.243. The third-order valence-electron chi connectivity index (χ3n) is 4.02. The van der Waals surface area contributed by atoms with Crippen LogP contribution in [0, 0.1) is 5.92 Å². The lowest BCUT2D eigenvalue weighted by Crippen LogP contribution is -2.57. The summed E-state index contributed by atoms with van der Waals surface area (Å²) in [6.45, 7) is 0.348. The number of allylic oxidation sites excluding steroid dienone is 2. The summed E-state index contributed by atoms with van der Waals surface area (Å²) in [6, 6.07) is 9.91. The molecule has 21 heavy (non-hydrogen) atoms. The number of carbonyl (C=O) groups excluding carboxylic acids is 2. The summed E-state index contributed by atoms with van der Waals surface area (Å²) < 4.78 is 5.90. The number of carbonyl (C=O) groups is 2. The highest BCUT2D eigenvalue weighted by Crippen LogP contribution is 2.30. The fourth-order valence-corrected chi connectivity index (χ4v) is 2.73. The first kappa shape index (κ1) is 13.8. The molecular formula is C17H17NO3. The molecule has 1 amide bonds. The van der Waals surface area contributed by atoms with Crippen LogP contribution in [0.2, 0.25) is 0 Å². The molecule has 0 saturated carbocycles. The SMILES string of the molecule is CN1C(=O)C(Cc2ccccc2)COC12C=CC(=O)C=C2. The van der Waals surface area contributed by atoms with Gasteiger partial charge in [-0.3, -0.25) is 9.59 Å². The highest BCUT2D eigenvalue weighted by molar-refractivity contribution is 6.00. The summed E-state index contributed by atoms with van der Waals surface area (Å²) in [5, 5.41) is 0. The van der Waals surface area contributed by atoms with E-state index in [-0.39, 0.29) is 17.6 Å². The van der Waals surface area contributed by atoms with Crippen LogP contribution in [0.5, 0.6) is 0 Å². The van der Waals surface area contributed by atoms with Gasteiger partial charge in [0.1, 0.15) is 0 Å². The van der Waals surface area contributed by atoms with E-state index in [1.165, 1.54) is 12.2 Å². The van der Waals surface area contributed by atoms with Crippen LogP contribution >= 0.6 is 0 Å². The number of hydrogen-bond acceptors (Lipinski definition) is 3. The van der Waals surface area contributed by atoms with Crippen LogP contribution in [0.25, 0.3) is 0 Å². The zero-order valence-electron chi connectivity index (χ0n) is 11.9. The van der Waals surface area contributed by atoms with Crippen LogP contribution in [0.15, 0.2) is 54.6 Å². The highest BCUT2D eigenvalue weighted by Gasteiger charge is 2.43. The molecule has 1 aliphatic carbocycles. The quantitative estimate of drug-likeness (QED) is 0.830. The number of rotatable bonds is 2. The van der Waals surface area contributed by atoms with E-state index >= 15 is 0 Å². The van der Waals surface area contributed by atoms with E-state index in [1.54, 1.807) is 24.1 Å². The number of benzene rings is 1. The number of hydrogen-bond donors (Lipinski definition) is 0. The second-order valence-electron chi connectivity index (χ2n) is 5.42. The Bertz CT molecular complexity index is 602. The van der Waals surface area contributed by atoms with Crippen LogP contribution in [0.3, 0.4) is 0 Å². The minimum absolute atomic E-state index is 0.0359. The molecule has 1 heterocycles. The second kappa shape index (κ2) is 5.30. The van der Waals surface area contributed by atoms with E-state index in [2.05, 4.69) is 0 Å². The zero-order chi connectivity index (χ0) is 14.9. The van der Waals surface area contributed by atoms with E-state index in [0.29, 0.717) is 13.0 Å². The lowest BCUT2D eigenvalue weighted by atomic mass is 9.94. The van der Waals surface area contributed by atoms with Crippen molar-refractivity contribution in [3.63, 3.8) is 0 Å². The van der Waals surface area contributed by atoms with Crippen molar-refractivity contribution >= 4 is 11.7 Å². The second-order valence-corrected chi connectivity index (χ2v) is 5.42. The van der Waals surface area contributed by atoms with Crippen LogP contribution in [-0.4, -0.2) is 36.0 Å². The molecule has 2 aliphatic rings. The van der Waals surface area contributed by atoms with Crippen molar-refractivity contribution < 1.29 is 14.3 Å². The van der Waals surface area contributed by atoms with Gasteiger partial charge in [0.25, 0.3) is 0 Å². The molecule has 1 fully saturated rings. The maximum absolute atomic E-state index is 12.6. The summed E-state index contributed by atoms with van der Waals surface area (Å²) in [5.41, 5.74) is 0.215. The van der Waals surface area contributed by atoms with Crippen LogP contribution in [-0.2, 0) is 20.7 Å². The van der Waals surface area contributed by atoms with Gasteiger partial charge >= 0.3 is 0 Å². The molecule has 1 aromatic rings. The van der Waals surface area contributed by atoms with Crippen LogP contribution < -0.4 is 0 Å². The summed E-state index contributed by atoms with van der Waals surface area (Å²) >= 11 is 0. The predicted octanol–water partition coefficient (Wildman–Crippen LogP) is 1.73. The Morgan fingerprint density at radius 3 is 2.52 bits per heavy atom. The van der Waals surface area contributed by atoms with Gasteiger partial charge in [0, 0.05) is 7.05 Å². The van der Waals surface area contributed by atoms with E-state index in [1.807, 2.05) is 30.3 Å². The first-order chi connectivity index (χ1) is 10.1. The van der Waals surface area contributed by atoms with Gasteiger partial charge in [-0.2, -0.15) is 0 Å². The molecule has 1 saturated heterocycles. The Morgan fingerprint density at radius 1 is 1.19 bits per heavy atom. The number of likely N-dealkylation sites (N-methyl/N-ethyl adjacent to an activating group) is 1. The minimum Gasteiger partial charge on any atom is -0.347 e. The molecule has 0 radical (unpaired) electrons. The molecule has 0 bridgehead atoms. The average molecular weight is 283 g/mol. The van der Waals surface area contributed by atoms with E-state index < -0.39 is 5.72 Å². The van der Waals surface area contributed by atoms with Crippen molar-refractivity contribution in [3.8, 4) is 0 Å². The van der Waals surface area contributed by atoms with Crippen molar-refractivity contribution in [3.05, 3.63) is 60.2 Å². The van der Waals surface area contributed by atoms with Gasteiger partial charge in [0.05, 0.1) is 12.5 Å². The molecule has 1 unspecified atom stereocenters. The molecule has 4 nitrogen and oxygen atoms in total. The molecule has 1 aromatic carbocycles. The van der Waals surface area contributed by atoms with Crippen LogP contribution in [0.4, 0.5) is 0 Å². The van der Waals surface area contributed by atoms with Crippen LogP contribution in [0.1, 0.15) is 5.56 Å². The lowest BCUT2D eigenvalue weighted by Gasteiger charge is -2.44. The molecule has 1 spiro atoms. The number of amides is 1.